The Hall–Kier alpha value is -0.0800. The third kappa shape index (κ3) is 0.565. The van der Waals surface area contributed by atoms with Crippen LogP contribution in [-0.4, -0.2) is 18.2 Å². The molecular formula is C6H12N2. The molecule has 0 unspecified atom stereocenters. The van der Waals surface area contributed by atoms with Crippen LogP contribution in [0.1, 0.15) is 19.8 Å². The van der Waals surface area contributed by atoms with E-state index in [0.717, 1.165) is 6.54 Å². The van der Waals surface area contributed by atoms with Gasteiger partial charge in [-0.05, 0) is 19.8 Å². The van der Waals surface area contributed by atoms with Crippen LogP contribution >= 0.6 is 0 Å². The Morgan fingerprint density at radius 1 is 1.50 bits per heavy atom. The Kier molecular flexibility index (Phi) is 0.746. The van der Waals surface area contributed by atoms with Crippen molar-refractivity contribution in [3.8, 4) is 0 Å². The molecule has 0 aromatic carbocycles. The van der Waals surface area contributed by atoms with Crippen molar-refractivity contribution in [3.63, 3.8) is 0 Å². The van der Waals surface area contributed by atoms with Gasteiger partial charge in [0.2, 0.25) is 0 Å². The van der Waals surface area contributed by atoms with Gasteiger partial charge in [-0.2, -0.15) is 0 Å². The molecule has 1 spiro atoms. The van der Waals surface area contributed by atoms with Crippen molar-refractivity contribution >= 4 is 0 Å². The van der Waals surface area contributed by atoms with Crippen LogP contribution in [0.15, 0.2) is 0 Å². The lowest BCUT2D eigenvalue weighted by Gasteiger charge is -2.05. The van der Waals surface area contributed by atoms with Crippen molar-refractivity contribution in [3.05, 3.63) is 0 Å². The third-order valence-corrected chi connectivity index (χ3v) is 2.02. The average Bonchev–Trinajstić information content (AvgIpc) is 2.34. The van der Waals surface area contributed by atoms with Gasteiger partial charge in [0.1, 0.15) is 0 Å². The van der Waals surface area contributed by atoms with E-state index < -0.39 is 0 Å². The van der Waals surface area contributed by atoms with Crippen LogP contribution in [0.25, 0.3) is 0 Å². The molecule has 0 aromatic heterocycles. The summed E-state index contributed by atoms with van der Waals surface area (Å²) < 4.78 is 0. The molecule has 0 radical (unpaired) electrons. The molecule has 2 heteroatoms. The van der Waals surface area contributed by atoms with Gasteiger partial charge in [-0.3, -0.25) is 10.6 Å². The van der Waals surface area contributed by atoms with E-state index in [9.17, 15) is 0 Å². The zero-order valence-corrected chi connectivity index (χ0v) is 5.20. The molecule has 2 fully saturated rings. The van der Waals surface area contributed by atoms with Gasteiger partial charge < -0.3 is 0 Å². The van der Waals surface area contributed by atoms with Gasteiger partial charge in [0.25, 0.3) is 0 Å². The number of hydrogen-bond acceptors (Lipinski definition) is 2. The van der Waals surface area contributed by atoms with Crippen LogP contribution < -0.4 is 10.6 Å². The van der Waals surface area contributed by atoms with Crippen LogP contribution in [0.5, 0.6) is 0 Å². The molecule has 46 valence electrons. The highest BCUT2D eigenvalue weighted by Crippen LogP contribution is 2.34. The number of hydrogen-bond donors (Lipinski definition) is 2. The smallest absolute Gasteiger partial charge is 0.0692 e. The maximum atomic E-state index is 3.49. The monoisotopic (exact) mass is 112 g/mol. The minimum absolute atomic E-state index is 0.416. The van der Waals surface area contributed by atoms with Crippen LogP contribution in [0.2, 0.25) is 0 Å². The van der Waals surface area contributed by atoms with Crippen LogP contribution in [-0.2, 0) is 0 Å². The normalized spacial score (nSPS) is 40.9. The molecule has 0 aromatic rings. The molecule has 1 atom stereocenters. The molecule has 1 heterocycles. The van der Waals surface area contributed by atoms with E-state index in [1.54, 1.807) is 0 Å². The molecule has 1 aliphatic carbocycles. The van der Waals surface area contributed by atoms with Crippen molar-refractivity contribution in [2.24, 2.45) is 0 Å². The highest BCUT2D eigenvalue weighted by Gasteiger charge is 2.46. The van der Waals surface area contributed by atoms with E-state index >= 15 is 0 Å². The second-order valence-corrected chi connectivity index (χ2v) is 3.01. The molecule has 2 aliphatic rings. The molecule has 8 heavy (non-hydrogen) atoms. The lowest BCUT2D eigenvalue weighted by Crippen LogP contribution is -2.34. The average molecular weight is 112 g/mol. The zero-order chi connectivity index (χ0) is 5.61. The lowest BCUT2D eigenvalue weighted by atomic mass is 10.4. The maximum absolute atomic E-state index is 3.49. The standard InChI is InChI=1S/C6H12N2/c1-5-4-7-6(8-5)2-3-6/h5,7-8H,2-4H2,1H3/t5-/m1/s1. The molecular weight excluding hydrogens is 100 g/mol. The van der Waals surface area contributed by atoms with Crippen molar-refractivity contribution < 1.29 is 0 Å². The Bertz CT molecular complexity index is 107. The second kappa shape index (κ2) is 1.25. The maximum Gasteiger partial charge on any atom is 0.0692 e. The van der Waals surface area contributed by atoms with Crippen molar-refractivity contribution in [2.75, 3.05) is 6.54 Å². The number of rotatable bonds is 0. The molecule has 2 nitrogen and oxygen atoms in total. The summed E-state index contributed by atoms with van der Waals surface area (Å²) in [5.74, 6) is 0. The van der Waals surface area contributed by atoms with E-state index in [1.807, 2.05) is 0 Å². The first kappa shape index (κ1) is 4.77. The SMILES string of the molecule is C[C@@H]1CNC2(CC2)N1. The van der Waals surface area contributed by atoms with E-state index in [1.165, 1.54) is 12.8 Å². The van der Waals surface area contributed by atoms with E-state index in [2.05, 4.69) is 17.6 Å². The summed E-state index contributed by atoms with van der Waals surface area (Å²) in [5.41, 5.74) is 0.416. The fourth-order valence-corrected chi connectivity index (χ4v) is 1.37. The summed E-state index contributed by atoms with van der Waals surface area (Å²) in [7, 11) is 0. The first-order valence-electron chi connectivity index (χ1n) is 3.33. The molecule has 1 aliphatic heterocycles. The number of nitrogens with one attached hydrogen (secondary N) is 2. The minimum Gasteiger partial charge on any atom is -0.298 e. The summed E-state index contributed by atoms with van der Waals surface area (Å²) in [6.07, 6.45) is 2.66. The summed E-state index contributed by atoms with van der Waals surface area (Å²) in [6, 6.07) is 0.692. The zero-order valence-electron chi connectivity index (χ0n) is 5.20. The lowest BCUT2D eigenvalue weighted by molar-refractivity contribution is 0.519. The Labute approximate surface area is 49.7 Å². The predicted octanol–water partition coefficient (Wildman–Crippen LogP) is 0.0578. The Balaban J connectivity index is 2.03. The van der Waals surface area contributed by atoms with Crippen molar-refractivity contribution in [2.45, 2.75) is 31.5 Å². The highest BCUT2D eigenvalue weighted by atomic mass is 15.3. The van der Waals surface area contributed by atoms with Gasteiger partial charge >= 0.3 is 0 Å². The Morgan fingerprint density at radius 2 is 2.25 bits per heavy atom. The van der Waals surface area contributed by atoms with Gasteiger partial charge in [-0.15, -0.1) is 0 Å². The fourth-order valence-electron chi connectivity index (χ4n) is 1.37. The molecule has 0 amide bonds. The molecule has 2 rings (SSSR count). The first-order chi connectivity index (χ1) is 3.81. The van der Waals surface area contributed by atoms with Gasteiger partial charge in [0.15, 0.2) is 0 Å². The summed E-state index contributed by atoms with van der Waals surface area (Å²) in [5, 5.41) is 6.94. The molecule has 0 bridgehead atoms. The quantitative estimate of drug-likeness (QED) is 0.463. The van der Waals surface area contributed by atoms with Gasteiger partial charge in [0.05, 0.1) is 5.66 Å². The fraction of sp³-hybridized carbons (Fsp3) is 1.00. The van der Waals surface area contributed by atoms with Crippen LogP contribution in [0, 0.1) is 0 Å². The topological polar surface area (TPSA) is 24.1 Å². The van der Waals surface area contributed by atoms with Crippen molar-refractivity contribution in [1.29, 1.82) is 0 Å². The van der Waals surface area contributed by atoms with Crippen molar-refractivity contribution in [1.82, 2.24) is 10.6 Å². The molecule has 1 saturated heterocycles. The van der Waals surface area contributed by atoms with E-state index in [-0.39, 0.29) is 0 Å². The minimum atomic E-state index is 0.416. The predicted molar refractivity (Wildman–Crippen MR) is 32.6 cm³/mol. The van der Waals surface area contributed by atoms with Gasteiger partial charge in [0, 0.05) is 12.6 Å². The van der Waals surface area contributed by atoms with Gasteiger partial charge in [-0.25, -0.2) is 0 Å². The molecule has 2 N–H and O–H groups in total. The summed E-state index contributed by atoms with van der Waals surface area (Å²) in [6.45, 7) is 3.38. The van der Waals surface area contributed by atoms with E-state index in [4.69, 9.17) is 0 Å². The summed E-state index contributed by atoms with van der Waals surface area (Å²) in [4.78, 5) is 0. The third-order valence-electron chi connectivity index (χ3n) is 2.02. The summed E-state index contributed by atoms with van der Waals surface area (Å²) >= 11 is 0. The van der Waals surface area contributed by atoms with Crippen LogP contribution in [0.4, 0.5) is 0 Å². The van der Waals surface area contributed by atoms with Crippen LogP contribution in [0.3, 0.4) is 0 Å². The van der Waals surface area contributed by atoms with E-state index in [0.29, 0.717) is 11.7 Å². The molecule has 1 saturated carbocycles. The highest BCUT2D eigenvalue weighted by molar-refractivity contribution is 5.05. The van der Waals surface area contributed by atoms with Gasteiger partial charge in [-0.1, -0.05) is 0 Å². The Morgan fingerprint density at radius 3 is 2.50 bits per heavy atom. The second-order valence-electron chi connectivity index (χ2n) is 3.01. The largest absolute Gasteiger partial charge is 0.298 e. The first-order valence-corrected chi connectivity index (χ1v) is 3.33.